The van der Waals surface area contributed by atoms with Gasteiger partial charge in [-0.25, -0.2) is 0 Å². The lowest BCUT2D eigenvalue weighted by Gasteiger charge is -2.61. The molecule has 8 atom stereocenters. The van der Waals surface area contributed by atoms with E-state index in [4.69, 9.17) is 0 Å². The summed E-state index contributed by atoms with van der Waals surface area (Å²) in [6, 6.07) is 0. The molecule has 0 bridgehead atoms. The lowest BCUT2D eigenvalue weighted by Crippen LogP contribution is -2.60. The molecule has 0 unspecified atom stereocenters. The first kappa shape index (κ1) is 16.8. The van der Waals surface area contributed by atoms with Crippen molar-refractivity contribution in [3.05, 3.63) is 11.6 Å². The van der Waals surface area contributed by atoms with Crippen LogP contribution in [0.5, 0.6) is 0 Å². The van der Waals surface area contributed by atoms with Crippen molar-refractivity contribution in [2.45, 2.75) is 77.9 Å². The first-order valence-electron chi connectivity index (χ1n) is 9.75. The highest BCUT2D eigenvalue weighted by atomic mass is 16.3. The van der Waals surface area contributed by atoms with Crippen LogP contribution in [0.25, 0.3) is 0 Å². The SMILES string of the molecule is C[C@@H]1C[C@@H]2[C@H]([C@@H](O)C[C@@]3(C)[C@H]2CC[C@]3(C)O)[C@@]2(C)CCC(=O)C=C12. The summed E-state index contributed by atoms with van der Waals surface area (Å²) in [6.07, 6.45) is 6.66. The topological polar surface area (TPSA) is 57.5 Å². The highest BCUT2D eigenvalue weighted by molar-refractivity contribution is 5.91. The third kappa shape index (κ3) is 1.94. The summed E-state index contributed by atoms with van der Waals surface area (Å²) >= 11 is 0. The number of allylic oxidation sites excluding steroid dienone is 1. The number of fused-ring (bicyclic) bond motifs is 5. The number of carbonyl (C=O) groups is 1. The third-order valence-corrected chi connectivity index (χ3v) is 8.78. The average molecular weight is 332 g/mol. The molecule has 0 aromatic carbocycles. The molecule has 0 aromatic rings. The number of ketones is 1. The minimum Gasteiger partial charge on any atom is -0.393 e. The van der Waals surface area contributed by atoms with E-state index in [1.165, 1.54) is 5.57 Å². The van der Waals surface area contributed by atoms with Gasteiger partial charge in [-0.05, 0) is 74.2 Å². The van der Waals surface area contributed by atoms with Gasteiger partial charge in [-0.15, -0.1) is 0 Å². The van der Waals surface area contributed by atoms with E-state index >= 15 is 0 Å². The van der Waals surface area contributed by atoms with E-state index in [0.29, 0.717) is 30.6 Å². The van der Waals surface area contributed by atoms with E-state index in [1.54, 1.807) is 0 Å². The molecule has 134 valence electrons. The summed E-state index contributed by atoms with van der Waals surface area (Å²) in [5.41, 5.74) is 0.375. The quantitative estimate of drug-likeness (QED) is 0.714. The molecule has 0 amide bonds. The zero-order valence-electron chi connectivity index (χ0n) is 15.5. The van der Waals surface area contributed by atoms with Crippen LogP contribution < -0.4 is 0 Å². The maximum Gasteiger partial charge on any atom is 0.155 e. The van der Waals surface area contributed by atoms with E-state index in [2.05, 4.69) is 20.8 Å². The van der Waals surface area contributed by atoms with Crippen LogP contribution in [0.4, 0.5) is 0 Å². The van der Waals surface area contributed by atoms with Crippen LogP contribution in [0.2, 0.25) is 0 Å². The second-order valence-corrected chi connectivity index (χ2v) is 9.92. The summed E-state index contributed by atoms with van der Waals surface area (Å²) < 4.78 is 0. The summed E-state index contributed by atoms with van der Waals surface area (Å²) in [7, 11) is 0. The molecule has 3 heteroatoms. The summed E-state index contributed by atoms with van der Waals surface area (Å²) in [5.74, 6) is 1.84. The molecule has 4 aliphatic carbocycles. The fourth-order valence-corrected chi connectivity index (χ4v) is 7.34. The van der Waals surface area contributed by atoms with Crippen LogP contribution >= 0.6 is 0 Å². The van der Waals surface area contributed by atoms with Gasteiger partial charge >= 0.3 is 0 Å². The van der Waals surface area contributed by atoms with Crippen LogP contribution in [-0.4, -0.2) is 27.7 Å². The van der Waals surface area contributed by atoms with Gasteiger partial charge in [0, 0.05) is 11.8 Å². The van der Waals surface area contributed by atoms with Crippen LogP contribution in [0, 0.1) is 34.5 Å². The minimum atomic E-state index is -0.674. The van der Waals surface area contributed by atoms with Gasteiger partial charge in [-0.2, -0.15) is 0 Å². The molecule has 2 N–H and O–H groups in total. The molecule has 0 heterocycles. The van der Waals surface area contributed by atoms with Crippen molar-refractivity contribution < 1.29 is 15.0 Å². The van der Waals surface area contributed by atoms with Crippen LogP contribution in [0.3, 0.4) is 0 Å². The molecular formula is C21H32O3. The van der Waals surface area contributed by atoms with Gasteiger partial charge in [0.25, 0.3) is 0 Å². The van der Waals surface area contributed by atoms with Gasteiger partial charge in [-0.3, -0.25) is 4.79 Å². The Kier molecular flexibility index (Phi) is 3.46. The zero-order chi connectivity index (χ0) is 17.5. The maximum atomic E-state index is 12.0. The predicted octanol–water partition coefficient (Wildman–Crippen LogP) is 3.49. The molecule has 0 aromatic heterocycles. The Morgan fingerprint density at radius 1 is 1.21 bits per heavy atom. The van der Waals surface area contributed by atoms with E-state index < -0.39 is 5.60 Å². The van der Waals surface area contributed by atoms with Crippen molar-refractivity contribution in [1.82, 2.24) is 0 Å². The standard InChI is InChI=1S/C21H32O3/c1-12-9-14-15-6-8-21(4,24)20(15,3)11-17(23)18(14)19(2)7-5-13(22)10-16(12)19/h10,12,14-15,17-18,23-24H,5-9,11H2,1-4H3/t12-,14+,15+,17+,18-,19+,20+,21+/m1/s1. The molecule has 4 rings (SSSR count). The molecular weight excluding hydrogens is 300 g/mol. The number of hydrogen-bond acceptors (Lipinski definition) is 3. The molecule has 24 heavy (non-hydrogen) atoms. The van der Waals surface area contributed by atoms with Gasteiger partial charge in [0.1, 0.15) is 0 Å². The first-order valence-corrected chi connectivity index (χ1v) is 9.75. The summed E-state index contributed by atoms with van der Waals surface area (Å²) in [5, 5.41) is 22.2. The lowest BCUT2D eigenvalue weighted by atomic mass is 9.44. The van der Waals surface area contributed by atoms with Crippen molar-refractivity contribution in [1.29, 1.82) is 0 Å². The number of aliphatic hydroxyl groups excluding tert-OH is 1. The number of hydrogen-bond donors (Lipinski definition) is 2. The summed E-state index contributed by atoms with van der Waals surface area (Å²) in [6.45, 7) is 8.72. The molecule has 0 radical (unpaired) electrons. The molecule has 3 fully saturated rings. The van der Waals surface area contributed by atoms with Gasteiger partial charge < -0.3 is 10.2 Å². The Balaban J connectivity index is 1.79. The number of carbonyl (C=O) groups excluding carboxylic acids is 1. The maximum absolute atomic E-state index is 12.0. The Bertz CT molecular complexity index is 606. The van der Waals surface area contributed by atoms with E-state index in [-0.39, 0.29) is 28.6 Å². The monoisotopic (exact) mass is 332 g/mol. The molecule has 0 spiro atoms. The number of rotatable bonds is 0. The van der Waals surface area contributed by atoms with Gasteiger partial charge in [0.05, 0.1) is 11.7 Å². The largest absolute Gasteiger partial charge is 0.393 e. The molecule has 4 aliphatic rings. The van der Waals surface area contributed by atoms with Crippen molar-refractivity contribution in [2.24, 2.45) is 34.5 Å². The second kappa shape index (κ2) is 4.94. The fourth-order valence-electron chi connectivity index (χ4n) is 7.34. The van der Waals surface area contributed by atoms with Crippen LogP contribution in [0.15, 0.2) is 11.6 Å². The predicted molar refractivity (Wildman–Crippen MR) is 93.3 cm³/mol. The van der Waals surface area contributed by atoms with Gasteiger partial charge in [-0.1, -0.05) is 26.3 Å². The summed E-state index contributed by atoms with van der Waals surface area (Å²) in [4.78, 5) is 12.0. The van der Waals surface area contributed by atoms with Crippen LogP contribution in [0.1, 0.15) is 66.2 Å². The molecule has 0 saturated heterocycles. The van der Waals surface area contributed by atoms with Crippen molar-refractivity contribution in [3.8, 4) is 0 Å². The van der Waals surface area contributed by atoms with Crippen molar-refractivity contribution in [2.75, 3.05) is 0 Å². The van der Waals surface area contributed by atoms with E-state index in [0.717, 1.165) is 25.7 Å². The first-order chi connectivity index (χ1) is 11.1. The Hall–Kier alpha value is -0.670. The normalized spacial score (nSPS) is 57.0. The fraction of sp³-hybridized carbons (Fsp3) is 0.857. The highest BCUT2D eigenvalue weighted by Crippen LogP contribution is 2.68. The van der Waals surface area contributed by atoms with Gasteiger partial charge in [0.15, 0.2) is 5.78 Å². The average Bonchev–Trinajstić information content (AvgIpc) is 2.71. The number of aliphatic hydroxyl groups is 2. The molecule has 0 aliphatic heterocycles. The third-order valence-electron chi connectivity index (χ3n) is 8.78. The minimum absolute atomic E-state index is 0.0502. The second-order valence-electron chi connectivity index (χ2n) is 9.92. The lowest BCUT2D eigenvalue weighted by molar-refractivity contribution is -0.170. The van der Waals surface area contributed by atoms with Crippen molar-refractivity contribution >= 4 is 5.78 Å². The van der Waals surface area contributed by atoms with E-state index in [9.17, 15) is 15.0 Å². The Morgan fingerprint density at radius 3 is 2.62 bits per heavy atom. The highest BCUT2D eigenvalue weighted by Gasteiger charge is 2.65. The van der Waals surface area contributed by atoms with Crippen molar-refractivity contribution in [3.63, 3.8) is 0 Å². The molecule has 3 saturated carbocycles. The van der Waals surface area contributed by atoms with E-state index in [1.807, 2.05) is 13.0 Å². The van der Waals surface area contributed by atoms with Gasteiger partial charge in [0.2, 0.25) is 0 Å². The molecule has 3 nitrogen and oxygen atoms in total. The Labute approximate surface area is 145 Å². The van der Waals surface area contributed by atoms with Crippen LogP contribution in [-0.2, 0) is 4.79 Å². The Morgan fingerprint density at radius 2 is 1.92 bits per heavy atom. The zero-order valence-corrected chi connectivity index (χ0v) is 15.5. The smallest absolute Gasteiger partial charge is 0.155 e.